The summed E-state index contributed by atoms with van der Waals surface area (Å²) in [5.41, 5.74) is 7.21. The molecule has 0 saturated heterocycles. The van der Waals surface area contributed by atoms with Gasteiger partial charge in [0.25, 0.3) is 0 Å². The largest absolute Gasteiger partial charge is 0.435 e. The maximum Gasteiger partial charge on any atom is 0.241 e. The van der Waals surface area contributed by atoms with Crippen LogP contribution in [0.5, 0.6) is 11.6 Å². The van der Waals surface area contributed by atoms with Gasteiger partial charge in [-0.25, -0.2) is 9.97 Å². The summed E-state index contributed by atoms with van der Waals surface area (Å²) in [5, 5.41) is 1.16. The van der Waals surface area contributed by atoms with E-state index < -0.39 is 0 Å². The summed E-state index contributed by atoms with van der Waals surface area (Å²) in [6.07, 6.45) is 4.52. The fraction of sp³-hybridized carbons (Fsp3) is 0. The molecule has 5 nitrogen and oxygen atoms in total. The first-order valence-electron chi connectivity index (χ1n) is 5.52. The first-order chi connectivity index (χ1) is 9.25. The summed E-state index contributed by atoms with van der Waals surface area (Å²) in [7, 11) is 0. The molecule has 1 aromatic carbocycles. The molecule has 0 fully saturated rings. The SMILES string of the molecule is Nc1ccc(Oc2ncncc2Cl)c2ncccc12. The number of benzene rings is 1. The van der Waals surface area contributed by atoms with Crippen LogP contribution in [0.1, 0.15) is 0 Å². The molecule has 0 saturated carbocycles. The lowest BCUT2D eigenvalue weighted by Crippen LogP contribution is -1.94. The summed E-state index contributed by atoms with van der Waals surface area (Å²) in [6.45, 7) is 0. The molecule has 6 heteroatoms. The van der Waals surface area contributed by atoms with Crippen LogP contribution in [0, 0.1) is 0 Å². The molecule has 0 atom stereocenters. The molecule has 0 spiro atoms. The fourth-order valence-electron chi connectivity index (χ4n) is 1.73. The third kappa shape index (κ3) is 2.15. The maximum atomic E-state index is 5.96. The zero-order valence-corrected chi connectivity index (χ0v) is 10.5. The van der Waals surface area contributed by atoms with Crippen molar-refractivity contribution in [3.05, 3.63) is 48.0 Å². The minimum atomic E-state index is 0.286. The van der Waals surface area contributed by atoms with Crippen LogP contribution in [0.15, 0.2) is 43.0 Å². The second-order valence-electron chi connectivity index (χ2n) is 3.83. The van der Waals surface area contributed by atoms with E-state index in [0.29, 0.717) is 22.0 Å². The molecular weight excluding hydrogens is 264 g/mol. The van der Waals surface area contributed by atoms with Gasteiger partial charge in [0.1, 0.15) is 16.9 Å². The fourth-order valence-corrected chi connectivity index (χ4v) is 1.88. The number of aromatic nitrogens is 3. The molecule has 0 aliphatic carbocycles. The number of fused-ring (bicyclic) bond motifs is 1. The second kappa shape index (κ2) is 4.70. The molecule has 0 unspecified atom stereocenters. The van der Waals surface area contributed by atoms with E-state index in [1.807, 2.05) is 12.1 Å². The van der Waals surface area contributed by atoms with Crippen molar-refractivity contribution in [2.45, 2.75) is 0 Å². The number of hydrogen-bond donors (Lipinski definition) is 1. The highest BCUT2D eigenvalue weighted by atomic mass is 35.5. The average molecular weight is 273 g/mol. The van der Waals surface area contributed by atoms with Crippen molar-refractivity contribution in [1.82, 2.24) is 15.0 Å². The topological polar surface area (TPSA) is 73.9 Å². The summed E-state index contributed by atoms with van der Waals surface area (Å²) < 4.78 is 5.68. The Bertz CT molecular complexity index is 748. The molecule has 0 aliphatic rings. The predicted octanol–water partition coefficient (Wildman–Crippen LogP) is 3.05. The monoisotopic (exact) mass is 272 g/mol. The van der Waals surface area contributed by atoms with Crippen LogP contribution in [0.2, 0.25) is 5.02 Å². The van der Waals surface area contributed by atoms with Gasteiger partial charge in [-0.3, -0.25) is 4.98 Å². The first-order valence-corrected chi connectivity index (χ1v) is 5.90. The van der Waals surface area contributed by atoms with E-state index in [-0.39, 0.29) is 5.88 Å². The van der Waals surface area contributed by atoms with Crippen molar-refractivity contribution in [2.24, 2.45) is 0 Å². The van der Waals surface area contributed by atoms with Crippen LogP contribution in [-0.4, -0.2) is 15.0 Å². The van der Waals surface area contributed by atoms with E-state index in [0.717, 1.165) is 5.39 Å². The average Bonchev–Trinajstić information content (AvgIpc) is 2.44. The second-order valence-corrected chi connectivity index (χ2v) is 4.24. The highest BCUT2D eigenvalue weighted by Crippen LogP contribution is 2.32. The standard InChI is InChI=1S/C13H9ClN4O/c14-9-6-16-7-18-13(9)19-11-4-3-10(15)8-2-1-5-17-12(8)11/h1-7H,15H2. The molecule has 94 valence electrons. The van der Waals surface area contributed by atoms with Gasteiger partial charge in [-0.2, -0.15) is 0 Å². The van der Waals surface area contributed by atoms with Gasteiger partial charge >= 0.3 is 0 Å². The van der Waals surface area contributed by atoms with E-state index in [2.05, 4.69) is 15.0 Å². The van der Waals surface area contributed by atoms with Gasteiger partial charge in [0.2, 0.25) is 5.88 Å². The first kappa shape index (κ1) is 11.7. The number of anilines is 1. The molecular formula is C13H9ClN4O. The van der Waals surface area contributed by atoms with Crippen molar-refractivity contribution in [3.8, 4) is 11.6 Å². The van der Waals surface area contributed by atoms with Gasteiger partial charge in [0.05, 0.1) is 6.20 Å². The zero-order valence-electron chi connectivity index (χ0n) is 9.75. The van der Waals surface area contributed by atoms with E-state index in [1.54, 1.807) is 18.3 Å². The molecule has 0 amide bonds. The predicted molar refractivity (Wildman–Crippen MR) is 73.3 cm³/mol. The molecule has 0 radical (unpaired) electrons. The van der Waals surface area contributed by atoms with Crippen LogP contribution in [0.3, 0.4) is 0 Å². The lowest BCUT2D eigenvalue weighted by atomic mass is 10.2. The van der Waals surface area contributed by atoms with Crippen molar-refractivity contribution in [2.75, 3.05) is 5.73 Å². The molecule has 2 aromatic heterocycles. The Balaban J connectivity index is 2.12. The Morgan fingerprint density at radius 3 is 2.89 bits per heavy atom. The number of halogens is 1. The van der Waals surface area contributed by atoms with E-state index in [4.69, 9.17) is 22.1 Å². The molecule has 0 aliphatic heterocycles. The minimum Gasteiger partial charge on any atom is -0.435 e. The maximum absolute atomic E-state index is 5.96. The van der Waals surface area contributed by atoms with Crippen LogP contribution >= 0.6 is 11.6 Å². The van der Waals surface area contributed by atoms with Gasteiger partial charge in [-0.05, 0) is 24.3 Å². The number of pyridine rings is 1. The molecule has 3 aromatic rings. The van der Waals surface area contributed by atoms with E-state index in [1.165, 1.54) is 12.5 Å². The summed E-state index contributed by atoms with van der Waals surface area (Å²) in [4.78, 5) is 12.1. The van der Waals surface area contributed by atoms with E-state index >= 15 is 0 Å². The van der Waals surface area contributed by atoms with Gasteiger partial charge in [-0.1, -0.05) is 11.6 Å². The van der Waals surface area contributed by atoms with Crippen LogP contribution in [-0.2, 0) is 0 Å². The normalized spacial score (nSPS) is 10.6. The molecule has 3 rings (SSSR count). The number of rotatable bonds is 2. The molecule has 2 heterocycles. The van der Waals surface area contributed by atoms with Crippen LogP contribution in [0.4, 0.5) is 5.69 Å². The van der Waals surface area contributed by atoms with Crippen LogP contribution in [0.25, 0.3) is 10.9 Å². The smallest absolute Gasteiger partial charge is 0.241 e. The Kier molecular flexibility index (Phi) is 2.89. The number of hydrogen-bond acceptors (Lipinski definition) is 5. The number of nitrogen functional groups attached to an aromatic ring is 1. The third-order valence-electron chi connectivity index (χ3n) is 2.61. The third-order valence-corrected chi connectivity index (χ3v) is 2.87. The van der Waals surface area contributed by atoms with Crippen LogP contribution < -0.4 is 10.5 Å². The van der Waals surface area contributed by atoms with Gasteiger partial charge in [0, 0.05) is 17.3 Å². The number of nitrogens with two attached hydrogens (primary N) is 1. The number of ether oxygens (including phenoxy) is 1. The summed E-state index contributed by atoms with van der Waals surface area (Å²) >= 11 is 5.96. The molecule has 2 N–H and O–H groups in total. The Hall–Kier alpha value is -2.40. The Morgan fingerprint density at radius 2 is 2.05 bits per heavy atom. The van der Waals surface area contributed by atoms with Gasteiger partial charge in [-0.15, -0.1) is 0 Å². The summed E-state index contributed by atoms with van der Waals surface area (Å²) in [6, 6.07) is 7.20. The number of nitrogens with zero attached hydrogens (tertiary/aromatic N) is 3. The Labute approximate surface area is 114 Å². The van der Waals surface area contributed by atoms with Crippen molar-refractivity contribution in [1.29, 1.82) is 0 Å². The highest BCUT2D eigenvalue weighted by molar-refractivity contribution is 6.31. The quantitative estimate of drug-likeness (QED) is 0.726. The lowest BCUT2D eigenvalue weighted by molar-refractivity contribution is 0.466. The minimum absolute atomic E-state index is 0.286. The van der Waals surface area contributed by atoms with Crippen molar-refractivity contribution < 1.29 is 4.74 Å². The van der Waals surface area contributed by atoms with Crippen molar-refractivity contribution in [3.63, 3.8) is 0 Å². The lowest BCUT2D eigenvalue weighted by Gasteiger charge is -2.09. The van der Waals surface area contributed by atoms with Gasteiger partial charge < -0.3 is 10.5 Å². The van der Waals surface area contributed by atoms with E-state index in [9.17, 15) is 0 Å². The molecule has 19 heavy (non-hydrogen) atoms. The van der Waals surface area contributed by atoms with Crippen molar-refractivity contribution >= 4 is 28.2 Å². The molecule has 0 bridgehead atoms. The zero-order chi connectivity index (χ0) is 13.2. The Morgan fingerprint density at radius 1 is 1.16 bits per heavy atom. The summed E-state index contributed by atoms with van der Waals surface area (Å²) in [5.74, 6) is 0.832. The van der Waals surface area contributed by atoms with Gasteiger partial charge in [0.15, 0.2) is 5.75 Å². The highest BCUT2D eigenvalue weighted by Gasteiger charge is 2.10.